The number of ether oxygens (including phenoxy) is 1. The van der Waals surface area contributed by atoms with Gasteiger partial charge in [-0.3, -0.25) is 4.79 Å². The summed E-state index contributed by atoms with van der Waals surface area (Å²) in [7, 11) is -2.41. The third-order valence-corrected chi connectivity index (χ3v) is 5.46. The van der Waals surface area contributed by atoms with Crippen molar-refractivity contribution in [1.29, 1.82) is 0 Å². The van der Waals surface area contributed by atoms with Gasteiger partial charge in [-0.15, -0.1) is 0 Å². The van der Waals surface area contributed by atoms with Gasteiger partial charge in [-0.25, -0.2) is 21.9 Å². The lowest BCUT2D eigenvalue weighted by Crippen LogP contribution is -2.45. The second-order valence-electron chi connectivity index (χ2n) is 6.64. The van der Waals surface area contributed by atoms with E-state index in [4.69, 9.17) is 4.74 Å². The molecule has 1 aliphatic heterocycles. The first kappa shape index (κ1) is 18.3. The van der Waals surface area contributed by atoms with Gasteiger partial charge in [0, 0.05) is 25.0 Å². The largest absolute Gasteiger partial charge is 0.488 e. The Hall–Kier alpha value is -2.46. The standard InChI is InChI=1S/C16H17F2N3O4S/c1-16(2)8-25-14-12(26(23,24)20-16)7-21(3)13(14)15(22)19-9-4-5-10(17)11(18)6-9/h4-7,20H,8H2,1-3H3,(H,19,22). The molecular weight excluding hydrogens is 368 g/mol. The van der Waals surface area contributed by atoms with E-state index in [1.807, 2.05) is 0 Å². The Labute approximate surface area is 149 Å². The fourth-order valence-electron chi connectivity index (χ4n) is 2.64. The van der Waals surface area contributed by atoms with Crippen molar-refractivity contribution in [2.24, 2.45) is 7.05 Å². The monoisotopic (exact) mass is 385 g/mol. The normalized spacial score (nSPS) is 17.7. The Morgan fingerprint density at radius 1 is 1.31 bits per heavy atom. The van der Waals surface area contributed by atoms with Crippen LogP contribution in [0, 0.1) is 11.6 Å². The number of nitrogens with one attached hydrogen (secondary N) is 2. The minimum atomic E-state index is -3.89. The molecular formula is C16H17F2N3O4S. The first-order chi connectivity index (χ1) is 12.0. The third-order valence-electron chi connectivity index (χ3n) is 3.77. The van der Waals surface area contributed by atoms with Crippen molar-refractivity contribution in [3.8, 4) is 5.75 Å². The summed E-state index contributed by atoms with van der Waals surface area (Å²) in [4.78, 5) is 12.4. The lowest BCUT2D eigenvalue weighted by Gasteiger charge is -2.22. The van der Waals surface area contributed by atoms with E-state index in [2.05, 4.69) is 10.0 Å². The van der Waals surface area contributed by atoms with Gasteiger partial charge in [0.25, 0.3) is 5.91 Å². The molecule has 0 fully saturated rings. The fraction of sp³-hybridized carbons (Fsp3) is 0.312. The van der Waals surface area contributed by atoms with E-state index < -0.39 is 33.1 Å². The molecule has 2 N–H and O–H groups in total. The number of halogens is 2. The quantitative estimate of drug-likeness (QED) is 0.828. The van der Waals surface area contributed by atoms with Crippen LogP contribution in [-0.4, -0.2) is 31.0 Å². The summed E-state index contributed by atoms with van der Waals surface area (Å²) >= 11 is 0. The minimum Gasteiger partial charge on any atom is -0.488 e. The summed E-state index contributed by atoms with van der Waals surface area (Å²) in [6, 6.07) is 2.90. The molecule has 0 unspecified atom stereocenters. The summed E-state index contributed by atoms with van der Waals surface area (Å²) in [5, 5.41) is 2.41. The Morgan fingerprint density at radius 2 is 2.00 bits per heavy atom. The number of hydrogen-bond acceptors (Lipinski definition) is 4. The maximum Gasteiger partial charge on any atom is 0.276 e. The molecule has 140 valence electrons. The summed E-state index contributed by atoms with van der Waals surface area (Å²) in [6.07, 6.45) is 1.26. The second kappa shape index (κ2) is 6.06. The number of carbonyl (C=O) groups is 1. The molecule has 0 saturated heterocycles. The number of hydrogen-bond donors (Lipinski definition) is 2. The molecule has 0 radical (unpaired) electrons. The summed E-state index contributed by atoms with van der Waals surface area (Å²) in [6.45, 7) is 3.31. The molecule has 26 heavy (non-hydrogen) atoms. The number of aryl methyl sites for hydroxylation is 1. The zero-order valence-electron chi connectivity index (χ0n) is 14.3. The van der Waals surface area contributed by atoms with Gasteiger partial charge >= 0.3 is 0 Å². The van der Waals surface area contributed by atoms with E-state index in [0.29, 0.717) is 0 Å². The van der Waals surface area contributed by atoms with Crippen LogP contribution in [0.15, 0.2) is 29.3 Å². The van der Waals surface area contributed by atoms with Crippen LogP contribution in [0.1, 0.15) is 24.3 Å². The molecule has 0 atom stereocenters. The van der Waals surface area contributed by atoms with Crippen LogP contribution in [0.3, 0.4) is 0 Å². The summed E-state index contributed by atoms with van der Waals surface area (Å²) < 4.78 is 60.8. The number of fused-ring (bicyclic) bond motifs is 1. The third kappa shape index (κ3) is 3.29. The van der Waals surface area contributed by atoms with Crippen LogP contribution >= 0.6 is 0 Å². The molecule has 3 rings (SSSR count). The molecule has 7 nitrogen and oxygen atoms in total. The number of amides is 1. The zero-order valence-corrected chi connectivity index (χ0v) is 15.1. The van der Waals surface area contributed by atoms with Gasteiger partial charge in [-0.1, -0.05) is 0 Å². The molecule has 0 aliphatic carbocycles. The molecule has 10 heteroatoms. The molecule has 0 spiro atoms. The van der Waals surface area contributed by atoms with Gasteiger partial charge in [0.05, 0.1) is 5.54 Å². The first-order valence-corrected chi connectivity index (χ1v) is 9.11. The van der Waals surface area contributed by atoms with Gasteiger partial charge in [-0.2, -0.15) is 0 Å². The van der Waals surface area contributed by atoms with Gasteiger partial charge < -0.3 is 14.6 Å². The molecule has 1 aromatic carbocycles. The fourth-order valence-corrected chi connectivity index (χ4v) is 4.23. The Balaban J connectivity index is 2.00. The molecule has 0 saturated carbocycles. The SMILES string of the molecule is Cn1cc2c(c1C(=O)Nc1ccc(F)c(F)c1)OCC(C)(C)NS2(=O)=O. The average molecular weight is 385 g/mol. The minimum absolute atomic E-state index is 0.00863. The number of benzene rings is 1. The molecule has 2 aromatic rings. The van der Waals surface area contributed by atoms with Crippen LogP contribution in [0.4, 0.5) is 14.5 Å². The van der Waals surface area contributed by atoms with Crippen LogP contribution in [0.5, 0.6) is 5.75 Å². The van der Waals surface area contributed by atoms with Crippen molar-refractivity contribution in [1.82, 2.24) is 9.29 Å². The number of anilines is 1. The van der Waals surface area contributed by atoms with Crippen LogP contribution in [-0.2, 0) is 17.1 Å². The predicted octanol–water partition coefficient (Wildman–Crippen LogP) is 2.00. The number of rotatable bonds is 2. The maximum atomic E-state index is 13.3. The maximum absolute atomic E-state index is 13.3. The van der Waals surface area contributed by atoms with Crippen molar-refractivity contribution in [2.75, 3.05) is 11.9 Å². The van der Waals surface area contributed by atoms with E-state index in [1.165, 1.54) is 23.9 Å². The van der Waals surface area contributed by atoms with E-state index in [1.54, 1.807) is 13.8 Å². The number of nitrogens with zero attached hydrogens (tertiary/aromatic N) is 1. The van der Waals surface area contributed by atoms with Crippen molar-refractivity contribution in [3.63, 3.8) is 0 Å². The zero-order chi connectivity index (χ0) is 19.3. The molecule has 1 aromatic heterocycles. The first-order valence-electron chi connectivity index (χ1n) is 7.63. The van der Waals surface area contributed by atoms with Gasteiger partial charge in [-0.05, 0) is 26.0 Å². The van der Waals surface area contributed by atoms with E-state index in [9.17, 15) is 22.0 Å². The Bertz CT molecular complexity index is 999. The van der Waals surface area contributed by atoms with Gasteiger partial charge in [0.15, 0.2) is 23.1 Å². The lowest BCUT2D eigenvalue weighted by atomic mass is 10.1. The predicted molar refractivity (Wildman–Crippen MR) is 89.6 cm³/mol. The van der Waals surface area contributed by atoms with Crippen LogP contribution in [0.25, 0.3) is 0 Å². The van der Waals surface area contributed by atoms with Crippen molar-refractivity contribution >= 4 is 21.6 Å². The number of carbonyl (C=O) groups excluding carboxylic acids is 1. The highest BCUT2D eigenvalue weighted by Gasteiger charge is 2.37. The summed E-state index contributed by atoms with van der Waals surface area (Å²) in [5.74, 6) is -2.96. The highest BCUT2D eigenvalue weighted by Crippen LogP contribution is 2.34. The molecule has 0 bridgehead atoms. The highest BCUT2D eigenvalue weighted by atomic mass is 32.2. The highest BCUT2D eigenvalue weighted by molar-refractivity contribution is 7.89. The van der Waals surface area contributed by atoms with Gasteiger partial charge in [0.1, 0.15) is 11.5 Å². The van der Waals surface area contributed by atoms with E-state index >= 15 is 0 Å². The Kier molecular flexibility index (Phi) is 4.27. The van der Waals surface area contributed by atoms with Crippen LogP contribution < -0.4 is 14.8 Å². The average Bonchev–Trinajstić information content (AvgIpc) is 2.81. The van der Waals surface area contributed by atoms with Crippen molar-refractivity contribution < 1.29 is 26.7 Å². The topological polar surface area (TPSA) is 89.4 Å². The molecule has 2 heterocycles. The second-order valence-corrected chi connectivity index (χ2v) is 8.29. The van der Waals surface area contributed by atoms with Crippen molar-refractivity contribution in [3.05, 3.63) is 41.7 Å². The van der Waals surface area contributed by atoms with Crippen molar-refractivity contribution in [2.45, 2.75) is 24.3 Å². The smallest absolute Gasteiger partial charge is 0.276 e. The van der Waals surface area contributed by atoms with Crippen LogP contribution in [0.2, 0.25) is 0 Å². The lowest BCUT2D eigenvalue weighted by molar-refractivity contribution is 0.101. The van der Waals surface area contributed by atoms with E-state index in [0.717, 1.165) is 12.1 Å². The van der Waals surface area contributed by atoms with E-state index in [-0.39, 0.29) is 28.6 Å². The Morgan fingerprint density at radius 3 is 2.65 bits per heavy atom. The summed E-state index contributed by atoms with van der Waals surface area (Å²) in [5.41, 5.74) is -0.886. The van der Waals surface area contributed by atoms with Gasteiger partial charge in [0.2, 0.25) is 10.0 Å². The number of aromatic nitrogens is 1. The molecule has 1 amide bonds. The molecule has 1 aliphatic rings. The number of sulfonamides is 1.